The molecule has 0 aliphatic carbocycles. The van der Waals surface area contributed by atoms with E-state index in [9.17, 15) is 28.3 Å². The number of hydrogen-bond acceptors (Lipinski definition) is 8. The summed E-state index contributed by atoms with van der Waals surface area (Å²) in [5.41, 5.74) is 5.04. The number of nitrogens with two attached hydrogens (primary N) is 1. The predicted molar refractivity (Wildman–Crippen MR) is 122 cm³/mol. The van der Waals surface area contributed by atoms with Gasteiger partial charge in [0.05, 0.1) is 0 Å². The number of rotatable bonds is 11. The molecule has 4 N–H and O–H groups in total. The number of hydrogen-bond donors (Lipinski definition) is 3. The van der Waals surface area contributed by atoms with Gasteiger partial charge >= 0.3 is 17.6 Å². The summed E-state index contributed by atoms with van der Waals surface area (Å²) in [4.78, 5) is 39.1. The van der Waals surface area contributed by atoms with Gasteiger partial charge in [0.15, 0.2) is 6.10 Å². The summed E-state index contributed by atoms with van der Waals surface area (Å²) < 4.78 is 39.6. The molecule has 0 spiro atoms. The van der Waals surface area contributed by atoms with E-state index in [0.717, 1.165) is 24.4 Å². The van der Waals surface area contributed by atoms with Gasteiger partial charge < -0.3 is 25.6 Å². The molecule has 0 radical (unpaired) electrons. The van der Waals surface area contributed by atoms with Crippen LogP contribution in [0.25, 0.3) is 0 Å². The number of para-hydroxylation sites is 1. The van der Waals surface area contributed by atoms with E-state index in [-0.39, 0.29) is 18.1 Å². The van der Waals surface area contributed by atoms with Gasteiger partial charge in [0.1, 0.15) is 18.5 Å². The number of aliphatic hydroxyl groups is 1. The summed E-state index contributed by atoms with van der Waals surface area (Å²) in [5.74, 6) is -4.67. The van der Waals surface area contributed by atoms with Crippen LogP contribution in [-0.2, 0) is 19.1 Å². The minimum atomic E-state index is -3.81. The lowest BCUT2D eigenvalue weighted by molar-refractivity contribution is -0.150. The van der Waals surface area contributed by atoms with Crippen molar-refractivity contribution in [3.8, 4) is 0 Å². The van der Waals surface area contributed by atoms with Crippen LogP contribution in [-0.4, -0.2) is 51.3 Å². The molecule has 0 bridgehead atoms. The van der Waals surface area contributed by atoms with Crippen molar-refractivity contribution in [2.75, 3.05) is 17.7 Å². The van der Waals surface area contributed by atoms with Crippen LogP contribution in [0, 0.1) is 0 Å². The molecule has 2 heterocycles. The number of amides is 1. The van der Waals surface area contributed by atoms with Crippen molar-refractivity contribution in [2.24, 2.45) is 0 Å². The molecule has 1 fully saturated rings. The zero-order chi connectivity index (χ0) is 25.4. The number of esters is 1. The van der Waals surface area contributed by atoms with Gasteiger partial charge in [0.25, 0.3) is 0 Å². The molecule has 1 aromatic carbocycles. The maximum atomic E-state index is 14.5. The molecule has 1 amide bonds. The first kappa shape index (κ1) is 26.2. The van der Waals surface area contributed by atoms with Crippen LogP contribution in [0.15, 0.2) is 47.4 Å². The molecule has 3 atom stereocenters. The van der Waals surface area contributed by atoms with Crippen LogP contribution >= 0.6 is 0 Å². The van der Waals surface area contributed by atoms with Gasteiger partial charge in [-0.05, 0) is 31.0 Å². The summed E-state index contributed by atoms with van der Waals surface area (Å²) in [6.45, 7) is -0.594. The van der Waals surface area contributed by atoms with Crippen LogP contribution in [0.4, 0.5) is 20.3 Å². The Morgan fingerprint density at radius 1 is 1.14 bits per heavy atom. The number of benzene rings is 1. The summed E-state index contributed by atoms with van der Waals surface area (Å²) >= 11 is 0. The Kier molecular flexibility index (Phi) is 8.88. The lowest BCUT2D eigenvalue weighted by Gasteiger charge is -2.20. The van der Waals surface area contributed by atoms with Crippen LogP contribution < -0.4 is 16.7 Å². The van der Waals surface area contributed by atoms with Crippen LogP contribution in [0.1, 0.15) is 44.8 Å². The van der Waals surface area contributed by atoms with E-state index in [0.29, 0.717) is 30.3 Å². The van der Waals surface area contributed by atoms with E-state index in [2.05, 4.69) is 10.3 Å². The molecule has 3 rings (SSSR count). The highest BCUT2D eigenvalue weighted by Gasteiger charge is 2.60. The molecule has 2 aromatic rings. The number of halogens is 2. The number of carbonyl (C=O) groups is 2. The molecule has 1 saturated heterocycles. The maximum Gasteiger partial charge on any atom is 0.351 e. The van der Waals surface area contributed by atoms with Crippen molar-refractivity contribution in [2.45, 2.75) is 62.9 Å². The van der Waals surface area contributed by atoms with E-state index in [1.807, 2.05) is 18.2 Å². The molecule has 1 aromatic heterocycles. The average Bonchev–Trinajstić information content (AvgIpc) is 3.04. The van der Waals surface area contributed by atoms with Gasteiger partial charge in [-0.2, -0.15) is 13.8 Å². The Bertz CT molecular complexity index is 1070. The fraction of sp³-hybridized carbons (Fsp3) is 0.478. The Balaban J connectivity index is 1.34. The third kappa shape index (κ3) is 7.06. The Morgan fingerprint density at radius 2 is 1.83 bits per heavy atom. The standard InChI is InChI=1S/C23H28F2N4O6/c24-23(25)20(32)16(35-21(23)29-13-12-17(26)28-22(29)33)14-34-19(31)11-7-2-1-6-10-18(30)27-15-8-4-3-5-9-15/h3-5,8-9,12-13,16,20-21,32H,1-2,6-7,10-11,14H2,(H,27,30)(H2,26,28,33)/t16-,20-,21-/m1/s1. The Morgan fingerprint density at radius 3 is 2.51 bits per heavy atom. The zero-order valence-electron chi connectivity index (χ0n) is 18.9. The molecule has 12 heteroatoms. The number of carbonyl (C=O) groups excluding carboxylic acids is 2. The van der Waals surface area contributed by atoms with Crippen LogP contribution in [0.3, 0.4) is 0 Å². The summed E-state index contributed by atoms with van der Waals surface area (Å²) in [5, 5.41) is 12.8. The fourth-order valence-electron chi connectivity index (χ4n) is 3.61. The molecule has 0 unspecified atom stereocenters. The molecule has 35 heavy (non-hydrogen) atoms. The van der Waals surface area contributed by atoms with Gasteiger partial charge in [-0.25, -0.2) is 4.79 Å². The second-order valence-electron chi connectivity index (χ2n) is 8.20. The van der Waals surface area contributed by atoms with Gasteiger partial charge in [-0.15, -0.1) is 0 Å². The number of aromatic nitrogens is 2. The quantitative estimate of drug-likeness (QED) is 0.319. The van der Waals surface area contributed by atoms with Gasteiger partial charge in [-0.1, -0.05) is 31.0 Å². The molecule has 1 aliphatic rings. The highest BCUT2D eigenvalue weighted by molar-refractivity contribution is 5.90. The van der Waals surface area contributed by atoms with E-state index < -0.39 is 42.6 Å². The van der Waals surface area contributed by atoms with Crippen molar-refractivity contribution < 1.29 is 33.0 Å². The van der Waals surface area contributed by atoms with Crippen molar-refractivity contribution in [1.82, 2.24) is 9.55 Å². The van der Waals surface area contributed by atoms with Crippen molar-refractivity contribution in [3.63, 3.8) is 0 Å². The number of nitrogens with one attached hydrogen (secondary N) is 1. The summed E-state index contributed by atoms with van der Waals surface area (Å²) in [6.07, 6.45) is -1.93. The number of nitrogen functional groups attached to an aromatic ring is 1. The van der Waals surface area contributed by atoms with Gasteiger partial charge in [0, 0.05) is 24.7 Å². The van der Waals surface area contributed by atoms with E-state index in [1.54, 1.807) is 12.1 Å². The number of alkyl halides is 2. The van der Waals surface area contributed by atoms with Crippen LogP contribution in [0.5, 0.6) is 0 Å². The average molecular weight is 494 g/mol. The molecular formula is C23H28F2N4O6. The molecule has 0 saturated carbocycles. The zero-order valence-corrected chi connectivity index (χ0v) is 18.9. The number of unbranched alkanes of at least 4 members (excludes halogenated alkanes) is 3. The van der Waals surface area contributed by atoms with E-state index in [1.165, 1.54) is 0 Å². The normalized spacial score (nSPS) is 20.9. The molecule has 1 aliphatic heterocycles. The monoisotopic (exact) mass is 494 g/mol. The fourth-order valence-corrected chi connectivity index (χ4v) is 3.61. The van der Waals surface area contributed by atoms with Crippen molar-refractivity contribution in [1.29, 1.82) is 0 Å². The van der Waals surface area contributed by atoms with E-state index in [4.69, 9.17) is 15.2 Å². The Hall–Kier alpha value is -3.38. The molecule has 10 nitrogen and oxygen atoms in total. The second-order valence-corrected chi connectivity index (χ2v) is 8.20. The minimum absolute atomic E-state index is 0.0557. The van der Waals surface area contributed by atoms with Gasteiger partial charge in [-0.3, -0.25) is 14.2 Å². The molecule has 190 valence electrons. The summed E-state index contributed by atoms with van der Waals surface area (Å²) in [7, 11) is 0. The highest BCUT2D eigenvalue weighted by atomic mass is 19.3. The third-order valence-electron chi connectivity index (χ3n) is 5.48. The first-order valence-electron chi connectivity index (χ1n) is 11.2. The minimum Gasteiger partial charge on any atom is -0.463 e. The topological polar surface area (TPSA) is 146 Å². The molecular weight excluding hydrogens is 466 g/mol. The van der Waals surface area contributed by atoms with E-state index >= 15 is 0 Å². The van der Waals surface area contributed by atoms with Crippen molar-refractivity contribution >= 4 is 23.4 Å². The number of aliphatic hydroxyl groups excluding tert-OH is 1. The van der Waals surface area contributed by atoms with Gasteiger partial charge in [0.2, 0.25) is 12.1 Å². The highest BCUT2D eigenvalue weighted by Crippen LogP contribution is 2.42. The second kappa shape index (κ2) is 11.8. The maximum absolute atomic E-state index is 14.5. The van der Waals surface area contributed by atoms with Crippen molar-refractivity contribution in [3.05, 3.63) is 53.1 Å². The number of anilines is 2. The predicted octanol–water partition coefficient (Wildman–Crippen LogP) is 2.24. The first-order valence-corrected chi connectivity index (χ1v) is 11.2. The third-order valence-corrected chi connectivity index (χ3v) is 5.48. The number of ether oxygens (including phenoxy) is 2. The smallest absolute Gasteiger partial charge is 0.351 e. The lowest BCUT2D eigenvalue weighted by atomic mass is 10.1. The van der Waals surface area contributed by atoms with Crippen LogP contribution in [0.2, 0.25) is 0 Å². The number of nitrogens with zero attached hydrogens (tertiary/aromatic N) is 2. The first-order chi connectivity index (χ1) is 16.7. The SMILES string of the molecule is Nc1ccn([C@@H]2O[C@H](COC(=O)CCCCCCC(=O)Nc3ccccc3)[C@@H](O)C2(F)F)c(=O)n1. The lowest BCUT2D eigenvalue weighted by Crippen LogP contribution is -2.42. The Labute approximate surface area is 200 Å². The largest absolute Gasteiger partial charge is 0.463 e. The summed E-state index contributed by atoms with van der Waals surface area (Å²) in [6, 6.07) is 10.3.